The van der Waals surface area contributed by atoms with Gasteiger partial charge in [0.2, 0.25) is 0 Å². The highest BCUT2D eigenvalue weighted by molar-refractivity contribution is 7.15. The molecule has 1 aromatic heterocycles. The summed E-state index contributed by atoms with van der Waals surface area (Å²) in [6.07, 6.45) is 2.71. The van der Waals surface area contributed by atoms with Gasteiger partial charge in [-0.15, -0.1) is 11.3 Å². The fourth-order valence-electron chi connectivity index (χ4n) is 2.04. The highest BCUT2D eigenvalue weighted by Gasteiger charge is 2.20. The Morgan fingerprint density at radius 1 is 1.24 bits per heavy atom. The van der Waals surface area contributed by atoms with E-state index in [9.17, 15) is 0 Å². The van der Waals surface area contributed by atoms with Gasteiger partial charge in [0.1, 0.15) is 0 Å². The molecule has 3 rings (SSSR count). The van der Waals surface area contributed by atoms with E-state index in [4.69, 9.17) is 0 Å². The molecule has 1 heterocycles. The van der Waals surface area contributed by atoms with E-state index in [1.54, 1.807) is 0 Å². The summed E-state index contributed by atoms with van der Waals surface area (Å²) in [6.45, 7) is 3.24. The average molecular weight is 243 g/mol. The second-order valence-electron chi connectivity index (χ2n) is 4.75. The summed E-state index contributed by atoms with van der Waals surface area (Å²) < 4.78 is 0. The third-order valence-electron chi connectivity index (χ3n) is 3.15. The first kappa shape index (κ1) is 11.0. The molecule has 1 nitrogen and oxygen atoms in total. The van der Waals surface area contributed by atoms with Gasteiger partial charge in [-0.1, -0.05) is 30.3 Å². The van der Waals surface area contributed by atoms with Gasteiger partial charge < -0.3 is 5.32 Å². The van der Waals surface area contributed by atoms with Gasteiger partial charge in [-0.25, -0.2) is 0 Å². The van der Waals surface area contributed by atoms with E-state index in [2.05, 4.69) is 48.6 Å². The number of aryl methyl sites for hydroxylation is 1. The van der Waals surface area contributed by atoms with Crippen molar-refractivity contribution in [1.29, 1.82) is 0 Å². The van der Waals surface area contributed by atoms with Crippen molar-refractivity contribution in [1.82, 2.24) is 5.32 Å². The second kappa shape index (κ2) is 4.63. The SMILES string of the molecule is Cc1cc(CNC2CC2)sc1-c1ccccc1. The maximum absolute atomic E-state index is 3.58. The van der Waals surface area contributed by atoms with Gasteiger partial charge in [-0.05, 0) is 37.0 Å². The number of hydrogen-bond acceptors (Lipinski definition) is 2. The summed E-state index contributed by atoms with van der Waals surface area (Å²) in [5.41, 5.74) is 2.74. The summed E-state index contributed by atoms with van der Waals surface area (Å²) in [4.78, 5) is 2.87. The smallest absolute Gasteiger partial charge is 0.0375 e. The Labute approximate surface area is 106 Å². The topological polar surface area (TPSA) is 12.0 Å². The molecule has 0 atom stereocenters. The van der Waals surface area contributed by atoms with E-state index in [0.717, 1.165) is 12.6 Å². The molecule has 0 spiro atoms. The maximum Gasteiger partial charge on any atom is 0.0375 e. The zero-order chi connectivity index (χ0) is 11.7. The molecular formula is C15H17NS. The molecule has 2 aromatic rings. The summed E-state index contributed by atoms with van der Waals surface area (Å²) in [5.74, 6) is 0. The van der Waals surface area contributed by atoms with Crippen LogP contribution in [-0.4, -0.2) is 6.04 Å². The van der Waals surface area contributed by atoms with Crippen LogP contribution in [0, 0.1) is 6.92 Å². The van der Waals surface area contributed by atoms with E-state index in [1.807, 2.05) is 11.3 Å². The molecule has 0 radical (unpaired) electrons. The molecule has 1 aliphatic rings. The lowest BCUT2D eigenvalue weighted by atomic mass is 10.1. The maximum atomic E-state index is 3.58. The highest BCUT2D eigenvalue weighted by Crippen LogP contribution is 2.32. The minimum absolute atomic E-state index is 0.789. The number of hydrogen-bond donors (Lipinski definition) is 1. The highest BCUT2D eigenvalue weighted by atomic mass is 32.1. The molecule has 0 amide bonds. The normalized spacial score (nSPS) is 15.1. The van der Waals surface area contributed by atoms with Crippen molar-refractivity contribution in [2.24, 2.45) is 0 Å². The van der Waals surface area contributed by atoms with Gasteiger partial charge in [0.05, 0.1) is 0 Å². The van der Waals surface area contributed by atoms with Crippen LogP contribution in [0.5, 0.6) is 0 Å². The molecule has 1 fully saturated rings. The van der Waals surface area contributed by atoms with Crippen molar-refractivity contribution in [3.05, 3.63) is 46.8 Å². The van der Waals surface area contributed by atoms with Crippen LogP contribution >= 0.6 is 11.3 Å². The lowest BCUT2D eigenvalue weighted by Crippen LogP contribution is -2.14. The van der Waals surface area contributed by atoms with Gasteiger partial charge in [0.15, 0.2) is 0 Å². The first-order chi connectivity index (χ1) is 8.33. The van der Waals surface area contributed by atoms with Crippen LogP contribution in [0.15, 0.2) is 36.4 Å². The number of rotatable bonds is 4. The third kappa shape index (κ3) is 2.59. The van der Waals surface area contributed by atoms with Crippen LogP contribution in [0.3, 0.4) is 0 Å². The molecule has 0 unspecified atom stereocenters. The van der Waals surface area contributed by atoms with Crippen molar-refractivity contribution in [3.63, 3.8) is 0 Å². The first-order valence-corrected chi connectivity index (χ1v) is 7.03. The van der Waals surface area contributed by atoms with Crippen molar-refractivity contribution >= 4 is 11.3 Å². The minimum atomic E-state index is 0.789. The molecule has 0 aliphatic heterocycles. The Kier molecular flexibility index (Phi) is 3.00. The Morgan fingerprint density at radius 2 is 2.00 bits per heavy atom. The molecule has 17 heavy (non-hydrogen) atoms. The molecule has 1 saturated carbocycles. The molecule has 1 aromatic carbocycles. The summed E-state index contributed by atoms with van der Waals surface area (Å²) in [7, 11) is 0. The Balaban J connectivity index is 1.80. The van der Waals surface area contributed by atoms with Crippen molar-refractivity contribution in [3.8, 4) is 10.4 Å². The fourth-order valence-corrected chi connectivity index (χ4v) is 3.17. The Morgan fingerprint density at radius 3 is 2.71 bits per heavy atom. The van der Waals surface area contributed by atoms with Crippen molar-refractivity contribution in [2.75, 3.05) is 0 Å². The zero-order valence-corrected chi connectivity index (χ0v) is 10.9. The van der Waals surface area contributed by atoms with Gasteiger partial charge in [0, 0.05) is 22.3 Å². The van der Waals surface area contributed by atoms with Crippen LogP contribution in [0.4, 0.5) is 0 Å². The Bertz CT molecular complexity index is 497. The predicted octanol–water partition coefficient (Wildman–Crippen LogP) is 3.98. The number of nitrogens with one attached hydrogen (secondary N) is 1. The van der Waals surface area contributed by atoms with Crippen LogP contribution in [0.1, 0.15) is 23.3 Å². The minimum Gasteiger partial charge on any atom is -0.309 e. The Hall–Kier alpha value is -1.12. The molecule has 1 aliphatic carbocycles. The summed E-state index contributed by atoms with van der Waals surface area (Å²) in [5, 5.41) is 3.58. The molecule has 1 N–H and O–H groups in total. The molecule has 0 saturated heterocycles. The lowest BCUT2D eigenvalue weighted by Gasteiger charge is -1.99. The van der Waals surface area contributed by atoms with Crippen molar-refractivity contribution < 1.29 is 0 Å². The van der Waals surface area contributed by atoms with Gasteiger partial charge in [0.25, 0.3) is 0 Å². The van der Waals surface area contributed by atoms with Crippen LogP contribution in [0.25, 0.3) is 10.4 Å². The average Bonchev–Trinajstić information content (AvgIpc) is 3.11. The quantitative estimate of drug-likeness (QED) is 0.856. The van der Waals surface area contributed by atoms with E-state index in [-0.39, 0.29) is 0 Å². The summed E-state index contributed by atoms with van der Waals surface area (Å²) in [6, 6.07) is 13.8. The van der Waals surface area contributed by atoms with E-state index in [0.29, 0.717) is 0 Å². The molecule has 88 valence electrons. The molecule has 0 bridgehead atoms. The van der Waals surface area contributed by atoms with Crippen LogP contribution < -0.4 is 5.32 Å². The zero-order valence-electron chi connectivity index (χ0n) is 10.1. The van der Waals surface area contributed by atoms with E-state index < -0.39 is 0 Å². The molecular weight excluding hydrogens is 226 g/mol. The second-order valence-corrected chi connectivity index (χ2v) is 5.88. The number of benzene rings is 1. The fraction of sp³-hybridized carbons (Fsp3) is 0.333. The lowest BCUT2D eigenvalue weighted by molar-refractivity contribution is 0.695. The predicted molar refractivity (Wildman–Crippen MR) is 74.4 cm³/mol. The van der Waals surface area contributed by atoms with Gasteiger partial charge >= 0.3 is 0 Å². The van der Waals surface area contributed by atoms with E-state index in [1.165, 1.54) is 33.7 Å². The van der Waals surface area contributed by atoms with Gasteiger partial charge in [-0.2, -0.15) is 0 Å². The van der Waals surface area contributed by atoms with Crippen LogP contribution in [0.2, 0.25) is 0 Å². The van der Waals surface area contributed by atoms with Crippen LogP contribution in [-0.2, 0) is 6.54 Å². The monoisotopic (exact) mass is 243 g/mol. The van der Waals surface area contributed by atoms with E-state index >= 15 is 0 Å². The van der Waals surface area contributed by atoms with Gasteiger partial charge in [-0.3, -0.25) is 0 Å². The van der Waals surface area contributed by atoms with Crippen molar-refractivity contribution in [2.45, 2.75) is 32.4 Å². The standard InChI is InChI=1S/C15H17NS/c1-11-9-14(10-16-13-7-8-13)17-15(11)12-5-3-2-4-6-12/h2-6,9,13,16H,7-8,10H2,1H3. The molecule has 2 heteroatoms. The largest absolute Gasteiger partial charge is 0.309 e. The third-order valence-corrected chi connectivity index (χ3v) is 4.43. The number of thiophene rings is 1. The first-order valence-electron chi connectivity index (χ1n) is 6.21. The summed E-state index contributed by atoms with van der Waals surface area (Å²) >= 11 is 1.92.